The van der Waals surface area contributed by atoms with Crippen LogP contribution in [0.25, 0.3) is 11.1 Å². The van der Waals surface area contributed by atoms with E-state index in [9.17, 15) is 4.39 Å². The lowest BCUT2D eigenvalue weighted by molar-refractivity contribution is 0.590. The van der Waals surface area contributed by atoms with E-state index in [4.69, 9.17) is 17.3 Å². The number of anilines is 3. The number of pyridine rings is 2. The average Bonchev–Trinajstić information content (AvgIpc) is 2.62. The molecule has 0 saturated heterocycles. The average molecular weight is 371 g/mol. The molecule has 6 heteroatoms. The van der Waals surface area contributed by atoms with Crippen molar-refractivity contribution in [3.05, 3.63) is 65.4 Å². The van der Waals surface area contributed by atoms with Crippen LogP contribution in [-0.4, -0.2) is 17.0 Å². The van der Waals surface area contributed by atoms with E-state index in [1.165, 1.54) is 0 Å². The fourth-order valence-corrected chi connectivity index (χ4v) is 3.03. The summed E-state index contributed by atoms with van der Waals surface area (Å²) in [6.07, 6.45) is 5.80. The van der Waals surface area contributed by atoms with Crippen molar-refractivity contribution in [2.24, 2.45) is 0 Å². The summed E-state index contributed by atoms with van der Waals surface area (Å²) in [5, 5.41) is 0.625. The second-order valence-electron chi connectivity index (χ2n) is 6.28. The van der Waals surface area contributed by atoms with Crippen molar-refractivity contribution in [1.29, 1.82) is 0 Å². The summed E-state index contributed by atoms with van der Waals surface area (Å²) in [5.41, 5.74) is 9.95. The van der Waals surface area contributed by atoms with Crippen molar-refractivity contribution in [2.45, 2.75) is 19.8 Å². The summed E-state index contributed by atoms with van der Waals surface area (Å²) in [6.45, 7) is 5.92. The maximum absolute atomic E-state index is 14.4. The van der Waals surface area contributed by atoms with Gasteiger partial charge >= 0.3 is 0 Å². The highest BCUT2D eigenvalue weighted by Gasteiger charge is 2.19. The Kier molecular flexibility index (Phi) is 5.09. The van der Waals surface area contributed by atoms with Crippen molar-refractivity contribution in [1.82, 2.24) is 9.97 Å². The number of halogens is 2. The molecule has 0 fully saturated rings. The predicted molar refractivity (Wildman–Crippen MR) is 107 cm³/mol. The third-order valence-electron chi connectivity index (χ3n) is 4.27. The van der Waals surface area contributed by atoms with Crippen LogP contribution in [0.15, 0.2) is 54.1 Å². The summed E-state index contributed by atoms with van der Waals surface area (Å²) in [4.78, 5) is 10.7. The van der Waals surface area contributed by atoms with Gasteiger partial charge in [-0.15, -0.1) is 0 Å². The van der Waals surface area contributed by atoms with E-state index in [2.05, 4.69) is 16.5 Å². The Hall–Kier alpha value is -2.66. The molecule has 2 heterocycles. The molecule has 1 aliphatic carbocycles. The van der Waals surface area contributed by atoms with Gasteiger partial charge in [-0.3, -0.25) is 4.98 Å². The van der Waals surface area contributed by atoms with E-state index in [1.54, 1.807) is 30.6 Å². The van der Waals surface area contributed by atoms with Crippen LogP contribution in [0, 0.1) is 0 Å². The minimum absolute atomic E-state index is 0.208. The minimum Gasteiger partial charge on any atom is -0.399 e. The molecule has 2 N–H and O–H groups in total. The van der Waals surface area contributed by atoms with Gasteiger partial charge < -0.3 is 10.6 Å². The van der Waals surface area contributed by atoms with Gasteiger partial charge in [-0.2, -0.15) is 0 Å². The first-order chi connectivity index (χ1) is 12.4. The van der Waals surface area contributed by atoms with E-state index in [0.717, 1.165) is 16.8 Å². The molecule has 0 bridgehead atoms. The quantitative estimate of drug-likeness (QED) is 0.776. The van der Waals surface area contributed by atoms with Crippen molar-refractivity contribution in [2.75, 3.05) is 17.7 Å². The first-order valence-corrected chi connectivity index (χ1v) is 8.61. The molecule has 0 unspecified atom stereocenters. The molecule has 4 nitrogen and oxygen atoms in total. The van der Waals surface area contributed by atoms with Gasteiger partial charge in [-0.25, -0.2) is 9.37 Å². The topological polar surface area (TPSA) is 55.0 Å². The molecule has 1 aliphatic rings. The number of allylic oxidation sites excluding steroid dienone is 5. The Bertz CT molecular complexity index is 933. The monoisotopic (exact) mass is 370 g/mol. The molecule has 26 heavy (non-hydrogen) atoms. The smallest absolute Gasteiger partial charge is 0.134 e. The van der Waals surface area contributed by atoms with Crippen LogP contribution in [0.2, 0.25) is 0 Å². The van der Waals surface area contributed by atoms with Crippen LogP contribution >= 0.6 is 11.6 Å². The van der Waals surface area contributed by atoms with Gasteiger partial charge in [0.1, 0.15) is 11.6 Å². The number of nitrogens with zero attached hydrogens (tertiary/aromatic N) is 3. The molecule has 0 radical (unpaired) electrons. The Labute approximate surface area is 157 Å². The van der Waals surface area contributed by atoms with Crippen LogP contribution in [0.1, 0.15) is 31.0 Å². The van der Waals surface area contributed by atoms with Crippen LogP contribution < -0.4 is 10.6 Å². The molecule has 0 aliphatic heterocycles. The summed E-state index contributed by atoms with van der Waals surface area (Å²) in [7, 11) is 1.88. The van der Waals surface area contributed by atoms with Crippen LogP contribution in [0.4, 0.5) is 21.6 Å². The van der Waals surface area contributed by atoms with Gasteiger partial charge in [0, 0.05) is 53.8 Å². The number of rotatable bonds is 4. The van der Waals surface area contributed by atoms with Crippen LogP contribution in [-0.2, 0) is 0 Å². The predicted octanol–water partition coefficient (Wildman–Crippen LogP) is 5.46. The van der Waals surface area contributed by atoms with Crippen LogP contribution in [0.5, 0.6) is 0 Å². The Morgan fingerprint density at radius 2 is 2.08 bits per heavy atom. The fraction of sp³-hybridized carbons (Fsp3) is 0.200. The Balaban J connectivity index is 2.12. The molecular weight excluding hydrogens is 351 g/mol. The second kappa shape index (κ2) is 7.30. The van der Waals surface area contributed by atoms with Gasteiger partial charge in [0.2, 0.25) is 0 Å². The number of nitrogens with two attached hydrogens (primary N) is 1. The molecule has 0 aromatic carbocycles. The Morgan fingerprint density at radius 3 is 2.77 bits per heavy atom. The lowest BCUT2D eigenvalue weighted by Gasteiger charge is -2.23. The molecule has 0 amide bonds. The van der Waals surface area contributed by atoms with Crippen molar-refractivity contribution in [3.8, 4) is 0 Å². The summed E-state index contributed by atoms with van der Waals surface area (Å²) in [6, 6.07) is 5.33. The van der Waals surface area contributed by atoms with Crippen molar-refractivity contribution < 1.29 is 4.39 Å². The van der Waals surface area contributed by atoms with Gasteiger partial charge in [-0.1, -0.05) is 18.2 Å². The van der Waals surface area contributed by atoms with Gasteiger partial charge in [0.25, 0.3) is 0 Å². The molecule has 134 valence electrons. The maximum atomic E-state index is 14.4. The van der Waals surface area contributed by atoms with Crippen molar-refractivity contribution >= 4 is 39.9 Å². The van der Waals surface area contributed by atoms with E-state index in [0.29, 0.717) is 34.2 Å². The highest BCUT2D eigenvalue weighted by Crippen LogP contribution is 2.36. The van der Waals surface area contributed by atoms with Gasteiger partial charge in [0.05, 0.1) is 11.4 Å². The molecule has 0 spiro atoms. The van der Waals surface area contributed by atoms with Crippen molar-refractivity contribution in [3.63, 3.8) is 0 Å². The SMILES string of the molecule is C=C(C)c1cnc(C2=C(F)CCC(Cl)=C2)cc1N(C)c1cc(N)ccn1. The highest BCUT2D eigenvalue weighted by molar-refractivity contribution is 6.30. The minimum atomic E-state index is -0.208. The highest BCUT2D eigenvalue weighted by atomic mass is 35.5. The zero-order valence-corrected chi connectivity index (χ0v) is 15.5. The van der Waals surface area contributed by atoms with Crippen LogP contribution in [0.3, 0.4) is 0 Å². The third kappa shape index (κ3) is 3.63. The van der Waals surface area contributed by atoms with Gasteiger partial charge in [-0.05, 0) is 37.1 Å². The van der Waals surface area contributed by atoms with E-state index >= 15 is 0 Å². The number of aromatic nitrogens is 2. The van der Waals surface area contributed by atoms with E-state index in [-0.39, 0.29) is 12.2 Å². The summed E-state index contributed by atoms with van der Waals surface area (Å²) < 4.78 is 14.4. The molecule has 2 aromatic heterocycles. The number of hydrogen-bond donors (Lipinski definition) is 1. The zero-order chi connectivity index (χ0) is 18.8. The summed E-state index contributed by atoms with van der Waals surface area (Å²) in [5.74, 6) is 0.469. The fourth-order valence-electron chi connectivity index (χ4n) is 2.82. The number of hydrogen-bond acceptors (Lipinski definition) is 4. The molecule has 2 aromatic rings. The molecule has 3 rings (SSSR count). The number of nitrogen functional groups attached to an aromatic ring is 1. The largest absolute Gasteiger partial charge is 0.399 e. The molecule has 0 saturated carbocycles. The molecule has 0 atom stereocenters. The molecular formula is C20H20ClFN4. The van der Waals surface area contributed by atoms with E-state index < -0.39 is 0 Å². The lowest BCUT2D eigenvalue weighted by Crippen LogP contribution is -2.14. The summed E-state index contributed by atoms with van der Waals surface area (Å²) >= 11 is 6.11. The third-order valence-corrected chi connectivity index (χ3v) is 4.57. The maximum Gasteiger partial charge on any atom is 0.134 e. The van der Waals surface area contributed by atoms with E-state index in [1.807, 2.05) is 24.9 Å². The first kappa shape index (κ1) is 18.1. The normalized spacial score (nSPS) is 14.2. The zero-order valence-electron chi connectivity index (χ0n) is 14.8. The standard InChI is InChI=1S/C20H20ClFN4/c1-12(2)16-11-25-18(15-8-13(21)4-5-17(15)22)10-19(16)26(3)20-9-14(23)6-7-24-20/h6-11H,1,4-5H2,2-3H3,(H2,23,24). The van der Waals surface area contributed by atoms with Gasteiger partial charge in [0.15, 0.2) is 0 Å². The second-order valence-corrected chi connectivity index (χ2v) is 6.77. The Morgan fingerprint density at radius 1 is 1.31 bits per heavy atom. The lowest BCUT2D eigenvalue weighted by atomic mass is 10.00. The first-order valence-electron chi connectivity index (χ1n) is 8.23.